The van der Waals surface area contributed by atoms with Gasteiger partial charge in [0.1, 0.15) is 5.00 Å². The maximum atomic E-state index is 13.9. The standard InChI is InChI=1S/C32H34N2O5S/c1-32(2,3)19-12-13-21-27(16-19)40-30(28(21)31(36)39-6)34-29(35)22-17-24(33-23-10-8-7-9-20(22)23)18-11-14-25(37-4)26(15-18)38-5/h7-11,14-15,17,19H,12-13,16H2,1-6H3,(H,34,35). The van der Waals surface area contributed by atoms with Crippen molar-refractivity contribution in [3.63, 3.8) is 0 Å². The van der Waals surface area contributed by atoms with Crippen molar-refractivity contribution in [2.75, 3.05) is 26.6 Å². The van der Waals surface area contributed by atoms with E-state index in [2.05, 4.69) is 26.1 Å². The van der Waals surface area contributed by atoms with Crippen molar-refractivity contribution in [3.05, 3.63) is 70.1 Å². The zero-order valence-electron chi connectivity index (χ0n) is 23.7. The van der Waals surface area contributed by atoms with E-state index in [4.69, 9.17) is 19.2 Å². The largest absolute Gasteiger partial charge is 0.493 e. The maximum Gasteiger partial charge on any atom is 0.341 e. The molecule has 5 rings (SSSR count). The number of hydrogen-bond donors (Lipinski definition) is 1. The van der Waals surface area contributed by atoms with Gasteiger partial charge in [0.15, 0.2) is 11.5 Å². The molecule has 0 aliphatic heterocycles. The third-order valence-electron chi connectivity index (χ3n) is 7.75. The number of benzene rings is 2. The molecule has 1 aliphatic carbocycles. The number of thiophene rings is 1. The minimum absolute atomic E-state index is 0.160. The Morgan fingerprint density at radius 3 is 2.45 bits per heavy atom. The van der Waals surface area contributed by atoms with Gasteiger partial charge in [-0.3, -0.25) is 4.79 Å². The van der Waals surface area contributed by atoms with E-state index in [1.807, 2.05) is 42.5 Å². The summed E-state index contributed by atoms with van der Waals surface area (Å²) >= 11 is 1.48. The van der Waals surface area contributed by atoms with Crippen molar-refractivity contribution in [1.29, 1.82) is 0 Å². The summed E-state index contributed by atoms with van der Waals surface area (Å²) < 4.78 is 16.0. The van der Waals surface area contributed by atoms with Gasteiger partial charge in [0.2, 0.25) is 0 Å². The van der Waals surface area contributed by atoms with Gasteiger partial charge in [-0.15, -0.1) is 11.3 Å². The van der Waals surface area contributed by atoms with Gasteiger partial charge in [0.05, 0.1) is 43.7 Å². The molecule has 1 amide bonds. The first-order valence-electron chi connectivity index (χ1n) is 13.3. The van der Waals surface area contributed by atoms with Crippen LogP contribution in [0.2, 0.25) is 0 Å². The summed E-state index contributed by atoms with van der Waals surface area (Å²) in [4.78, 5) is 32.8. The lowest BCUT2D eigenvalue weighted by Crippen LogP contribution is -2.26. The Morgan fingerprint density at radius 1 is 1.00 bits per heavy atom. The second-order valence-electron chi connectivity index (χ2n) is 11.1. The third kappa shape index (κ3) is 5.16. The number of hydrogen-bond acceptors (Lipinski definition) is 7. The predicted molar refractivity (Wildman–Crippen MR) is 159 cm³/mol. The number of pyridine rings is 1. The van der Waals surface area contributed by atoms with Gasteiger partial charge in [-0.25, -0.2) is 9.78 Å². The van der Waals surface area contributed by atoms with Crippen LogP contribution in [0.5, 0.6) is 11.5 Å². The Kier molecular flexibility index (Phi) is 7.55. The zero-order valence-corrected chi connectivity index (χ0v) is 24.5. The molecule has 8 heteroatoms. The van der Waals surface area contributed by atoms with Crippen molar-refractivity contribution >= 4 is 39.1 Å². The summed E-state index contributed by atoms with van der Waals surface area (Å²) in [5.41, 5.74) is 4.19. The normalized spacial score (nSPS) is 14.9. The SMILES string of the molecule is COC(=O)c1c(NC(=O)c2cc(-c3ccc(OC)c(OC)c3)nc3ccccc23)sc2c1CCC(C(C)(C)C)C2. The molecule has 1 N–H and O–H groups in total. The highest BCUT2D eigenvalue weighted by molar-refractivity contribution is 7.17. The molecule has 0 bridgehead atoms. The molecule has 0 spiro atoms. The van der Waals surface area contributed by atoms with Crippen LogP contribution in [0.1, 0.15) is 58.3 Å². The van der Waals surface area contributed by atoms with E-state index >= 15 is 0 Å². The van der Waals surface area contributed by atoms with Crippen LogP contribution in [-0.4, -0.2) is 38.2 Å². The number of anilines is 1. The molecular formula is C32H34N2O5S. The molecule has 2 aromatic carbocycles. The highest BCUT2D eigenvalue weighted by Gasteiger charge is 2.34. The van der Waals surface area contributed by atoms with Gasteiger partial charge < -0.3 is 19.5 Å². The first-order chi connectivity index (χ1) is 19.1. The predicted octanol–water partition coefficient (Wildman–Crippen LogP) is 7.17. The van der Waals surface area contributed by atoms with Gasteiger partial charge >= 0.3 is 5.97 Å². The molecule has 40 heavy (non-hydrogen) atoms. The van der Waals surface area contributed by atoms with E-state index in [-0.39, 0.29) is 11.3 Å². The summed E-state index contributed by atoms with van der Waals surface area (Å²) in [6, 6.07) is 14.8. The Morgan fingerprint density at radius 2 is 1.75 bits per heavy atom. The van der Waals surface area contributed by atoms with E-state index in [9.17, 15) is 9.59 Å². The number of rotatable bonds is 6. The molecule has 208 valence electrons. The van der Waals surface area contributed by atoms with E-state index in [1.165, 1.54) is 18.4 Å². The number of para-hydroxylation sites is 1. The molecule has 0 radical (unpaired) electrons. The average Bonchev–Trinajstić information content (AvgIpc) is 3.32. The van der Waals surface area contributed by atoms with Crippen LogP contribution in [-0.2, 0) is 17.6 Å². The second-order valence-corrected chi connectivity index (χ2v) is 12.2. The molecule has 0 saturated carbocycles. The van der Waals surface area contributed by atoms with E-state index < -0.39 is 5.97 Å². The monoisotopic (exact) mass is 558 g/mol. The van der Waals surface area contributed by atoms with Gasteiger partial charge in [-0.05, 0) is 66.5 Å². The third-order valence-corrected chi connectivity index (χ3v) is 8.92. The van der Waals surface area contributed by atoms with Crippen LogP contribution in [0, 0.1) is 11.3 Å². The summed E-state index contributed by atoms with van der Waals surface area (Å²) in [5, 5.41) is 4.32. The minimum atomic E-state index is -0.424. The van der Waals surface area contributed by atoms with Crippen molar-refractivity contribution in [3.8, 4) is 22.8 Å². The number of fused-ring (bicyclic) bond motifs is 2. The lowest BCUT2D eigenvalue weighted by molar-refractivity contribution is 0.0600. The van der Waals surface area contributed by atoms with E-state index in [0.717, 1.165) is 40.7 Å². The lowest BCUT2D eigenvalue weighted by Gasteiger charge is -2.33. The topological polar surface area (TPSA) is 86.8 Å². The van der Waals surface area contributed by atoms with Gasteiger partial charge in [-0.1, -0.05) is 39.0 Å². The fourth-order valence-corrected chi connectivity index (χ4v) is 6.72. The van der Waals surface area contributed by atoms with Crippen molar-refractivity contribution < 1.29 is 23.8 Å². The number of carbonyl (C=O) groups excluding carboxylic acids is 2. The van der Waals surface area contributed by atoms with Crippen LogP contribution in [0.4, 0.5) is 5.00 Å². The molecule has 7 nitrogen and oxygen atoms in total. The molecule has 2 heterocycles. The van der Waals surface area contributed by atoms with Crippen molar-refractivity contribution in [1.82, 2.24) is 4.98 Å². The van der Waals surface area contributed by atoms with Crippen LogP contribution < -0.4 is 14.8 Å². The zero-order chi connectivity index (χ0) is 28.6. The number of esters is 1. The Hall–Kier alpha value is -3.91. The summed E-state index contributed by atoms with van der Waals surface area (Å²) in [5.74, 6) is 0.946. The molecule has 0 fully saturated rings. The number of carbonyl (C=O) groups is 2. The first kappa shape index (κ1) is 27.6. The minimum Gasteiger partial charge on any atom is -0.493 e. The van der Waals surface area contributed by atoms with E-state index in [1.54, 1.807) is 20.3 Å². The number of amides is 1. The molecular weight excluding hydrogens is 524 g/mol. The van der Waals surface area contributed by atoms with Crippen LogP contribution in [0.3, 0.4) is 0 Å². The maximum absolute atomic E-state index is 13.9. The van der Waals surface area contributed by atoms with Crippen LogP contribution in [0.15, 0.2) is 48.5 Å². The van der Waals surface area contributed by atoms with Gasteiger partial charge in [0, 0.05) is 15.8 Å². The summed E-state index contributed by atoms with van der Waals surface area (Å²) in [6.07, 6.45) is 2.66. The molecule has 1 aliphatic rings. The fraction of sp³-hybridized carbons (Fsp3) is 0.344. The fourth-order valence-electron chi connectivity index (χ4n) is 5.41. The smallest absolute Gasteiger partial charge is 0.341 e. The van der Waals surface area contributed by atoms with Gasteiger partial charge in [0.25, 0.3) is 5.91 Å². The second kappa shape index (κ2) is 10.9. The van der Waals surface area contributed by atoms with Crippen molar-refractivity contribution in [2.45, 2.75) is 40.0 Å². The number of aromatic nitrogens is 1. The molecule has 1 atom stereocenters. The Bertz CT molecular complexity index is 1600. The van der Waals surface area contributed by atoms with Crippen LogP contribution in [0.25, 0.3) is 22.2 Å². The number of methoxy groups -OCH3 is 3. The highest BCUT2D eigenvalue weighted by Crippen LogP contribution is 2.45. The van der Waals surface area contributed by atoms with Gasteiger partial charge in [-0.2, -0.15) is 0 Å². The summed E-state index contributed by atoms with van der Waals surface area (Å²) in [7, 11) is 4.55. The Labute approximate surface area is 238 Å². The molecule has 1 unspecified atom stereocenters. The van der Waals surface area contributed by atoms with E-state index in [0.29, 0.717) is 44.8 Å². The van der Waals surface area contributed by atoms with Crippen LogP contribution >= 0.6 is 11.3 Å². The quantitative estimate of drug-likeness (QED) is 0.253. The molecule has 4 aromatic rings. The van der Waals surface area contributed by atoms with Crippen molar-refractivity contribution in [2.24, 2.45) is 11.3 Å². The lowest BCUT2D eigenvalue weighted by atomic mass is 9.72. The number of nitrogens with zero attached hydrogens (tertiary/aromatic N) is 1. The first-order valence-corrected chi connectivity index (χ1v) is 14.1. The molecule has 0 saturated heterocycles. The number of nitrogens with one attached hydrogen (secondary N) is 1. The highest BCUT2D eigenvalue weighted by atomic mass is 32.1. The molecule has 2 aromatic heterocycles. The summed E-state index contributed by atoms with van der Waals surface area (Å²) in [6.45, 7) is 6.76. The average molecular weight is 559 g/mol. The number of ether oxygens (including phenoxy) is 3. The Balaban J connectivity index is 1.56.